The molecule has 0 spiro atoms. The Morgan fingerprint density at radius 2 is 2.20 bits per heavy atom. The number of thiazole rings is 1. The molecule has 0 saturated carbocycles. The molecular formula is C18H18N4O2S. The molecule has 25 heavy (non-hydrogen) atoms. The quantitative estimate of drug-likeness (QED) is 0.689. The summed E-state index contributed by atoms with van der Waals surface area (Å²) in [6.07, 6.45) is 4.95. The normalized spacial score (nSPS) is 11.0. The number of nitrogens with one attached hydrogen (secondary N) is 1. The Morgan fingerprint density at radius 3 is 2.92 bits per heavy atom. The van der Waals surface area contributed by atoms with Gasteiger partial charge in [-0.25, -0.2) is 4.98 Å². The minimum atomic E-state index is -0.247. The Kier molecular flexibility index (Phi) is 5.25. The number of carbonyl (C=O) groups excluding carboxylic acids is 1. The van der Waals surface area contributed by atoms with Crippen molar-refractivity contribution in [3.8, 4) is 5.75 Å². The van der Waals surface area contributed by atoms with Crippen LogP contribution in [0, 0.1) is 6.92 Å². The summed E-state index contributed by atoms with van der Waals surface area (Å²) >= 11 is 1.59. The van der Waals surface area contributed by atoms with Gasteiger partial charge in [0.2, 0.25) is 5.91 Å². The largest absolute Gasteiger partial charge is 0.487 e. The molecule has 1 amide bonds. The lowest BCUT2D eigenvalue weighted by atomic mass is 10.2. The van der Waals surface area contributed by atoms with Gasteiger partial charge in [-0.2, -0.15) is 5.10 Å². The van der Waals surface area contributed by atoms with Gasteiger partial charge in [0.15, 0.2) is 5.82 Å². The minimum absolute atomic E-state index is 0.247. The third-order valence-corrected chi connectivity index (χ3v) is 4.16. The molecule has 2 heterocycles. The van der Waals surface area contributed by atoms with E-state index in [-0.39, 0.29) is 5.91 Å². The van der Waals surface area contributed by atoms with Crippen LogP contribution in [0.4, 0.5) is 5.82 Å². The number of hydrogen-bond donors (Lipinski definition) is 1. The summed E-state index contributed by atoms with van der Waals surface area (Å²) in [7, 11) is 1.79. The molecule has 0 aliphatic carbocycles. The highest BCUT2D eigenvalue weighted by atomic mass is 32.1. The molecule has 0 saturated heterocycles. The van der Waals surface area contributed by atoms with Crippen LogP contribution in [-0.4, -0.2) is 20.7 Å². The Balaban J connectivity index is 1.64. The number of para-hydroxylation sites is 1. The molecule has 1 aromatic carbocycles. The van der Waals surface area contributed by atoms with Crippen molar-refractivity contribution >= 4 is 29.1 Å². The van der Waals surface area contributed by atoms with E-state index in [2.05, 4.69) is 15.4 Å². The van der Waals surface area contributed by atoms with E-state index in [1.807, 2.05) is 36.6 Å². The van der Waals surface area contributed by atoms with Gasteiger partial charge >= 0.3 is 0 Å². The predicted molar refractivity (Wildman–Crippen MR) is 98.5 cm³/mol. The zero-order valence-corrected chi connectivity index (χ0v) is 14.8. The number of aromatic nitrogens is 3. The highest BCUT2D eigenvalue weighted by molar-refractivity contribution is 7.09. The summed E-state index contributed by atoms with van der Waals surface area (Å²) in [5.74, 6) is 0.972. The average Bonchev–Trinajstić information content (AvgIpc) is 3.20. The van der Waals surface area contributed by atoms with Crippen LogP contribution in [0.1, 0.15) is 16.3 Å². The van der Waals surface area contributed by atoms with E-state index in [0.29, 0.717) is 18.2 Å². The molecule has 3 rings (SSSR count). The predicted octanol–water partition coefficient (Wildman–Crippen LogP) is 3.42. The highest BCUT2D eigenvalue weighted by Crippen LogP contribution is 2.21. The monoisotopic (exact) mass is 354 g/mol. The first-order valence-electron chi connectivity index (χ1n) is 7.72. The fourth-order valence-corrected chi connectivity index (χ4v) is 2.79. The number of rotatable bonds is 6. The van der Waals surface area contributed by atoms with E-state index in [1.165, 1.54) is 6.08 Å². The van der Waals surface area contributed by atoms with Gasteiger partial charge in [0.1, 0.15) is 12.4 Å². The summed E-state index contributed by atoms with van der Waals surface area (Å²) in [6.45, 7) is 2.36. The second kappa shape index (κ2) is 7.76. The van der Waals surface area contributed by atoms with E-state index in [4.69, 9.17) is 4.74 Å². The fraction of sp³-hybridized carbons (Fsp3) is 0.167. The van der Waals surface area contributed by atoms with Gasteiger partial charge in [0, 0.05) is 36.3 Å². The van der Waals surface area contributed by atoms with Gasteiger partial charge in [-0.3, -0.25) is 9.48 Å². The van der Waals surface area contributed by atoms with Crippen molar-refractivity contribution in [3.63, 3.8) is 0 Å². The molecule has 6 nitrogen and oxygen atoms in total. The van der Waals surface area contributed by atoms with Crippen LogP contribution in [0.5, 0.6) is 5.75 Å². The zero-order chi connectivity index (χ0) is 17.6. The van der Waals surface area contributed by atoms with Crippen LogP contribution in [0.2, 0.25) is 0 Å². The van der Waals surface area contributed by atoms with Gasteiger partial charge in [-0.15, -0.1) is 11.3 Å². The van der Waals surface area contributed by atoms with Gasteiger partial charge < -0.3 is 10.1 Å². The zero-order valence-electron chi connectivity index (χ0n) is 14.0. The minimum Gasteiger partial charge on any atom is -0.487 e. The number of nitrogens with zero attached hydrogens (tertiary/aromatic N) is 3. The highest BCUT2D eigenvalue weighted by Gasteiger charge is 2.05. The van der Waals surface area contributed by atoms with Gasteiger partial charge in [-0.1, -0.05) is 18.2 Å². The van der Waals surface area contributed by atoms with Crippen molar-refractivity contribution in [2.75, 3.05) is 5.32 Å². The van der Waals surface area contributed by atoms with E-state index < -0.39 is 0 Å². The van der Waals surface area contributed by atoms with E-state index in [0.717, 1.165) is 16.3 Å². The molecule has 3 aromatic rings. The van der Waals surface area contributed by atoms with Crippen LogP contribution in [0.3, 0.4) is 0 Å². The van der Waals surface area contributed by atoms with E-state index in [1.54, 1.807) is 41.4 Å². The Hall–Kier alpha value is -2.93. The molecule has 0 fully saturated rings. The standard InChI is InChI=1S/C18H18N4O2S/c1-13-19-15(12-25-13)11-24-16-6-4-3-5-14(16)7-8-18(23)20-17-9-10-22(2)21-17/h3-10,12H,11H2,1-2H3,(H,20,21,23)/b8-7+. The lowest BCUT2D eigenvalue weighted by molar-refractivity contribution is -0.111. The number of benzene rings is 1. The molecule has 0 bridgehead atoms. The SMILES string of the molecule is Cc1nc(COc2ccccc2/C=C/C(=O)Nc2ccn(C)n2)cs1. The molecule has 7 heteroatoms. The van der Waals surface area contributed by atoms with Crippen LogP contribution in [0.25, 0.3) is 6.08 Å². The summed E-state index contributed by atoms with van der Waals surface area (Å²) in [4.78, 5) is 16.4. The first-order chi connectivity index (χ1) is 12.1. The van der Waals surface area contributed by atoms with Crippen LogP contribution >= 0.6 is 11.3 Å². The summed E-state index contributed by atoms with van der Waals surface area (Å²) in [6, 6.07) is 9.30. The van der Waals surface area contributed by atoms with Crippen LogP contribution in [-0.2, 0) is 18.4 Å². The molecule has 0 aliphatic rings. The molecule has 0 aliphatic heterocycles. The van der Waals surface area contributed by atoms with Crippen molar-refractivity contribution in [1.82, 2.24) is 14.8 Å². The number of aryl methyl sites for hydroxylation is 2. The molecule has 1 N–H and O–H groups in total. The maximum absolute atomic E-state index is 12.0. The molecule has 0 unspecified atom stereocenters. The lowest BCUT2D eigenvalue weighted by Gasteiger charge is -2.07. The Labute approximate surface area is 149 Å². The molecule has 2 aromatic heterocycles. The van der Waals surface area contributed by atoms with Crippen molar-refractivity contribution in [3.05, 3.63) is 64.2 Å². The second-order valence-corrected chi connectivity index (χ2v) is 6.44. The maximum atomic E-state index is 12.0. The average molecular weight is 354 g/mol. The van der Waals surface area contributed by atoms with Crippen molar-refractivity contribution in [2.45, 2.75) is 13.5 Å². The maximum Gasteiger partial charge on any atom is 0.249 e. The van der Waals surface area contributed by atoms with E-state index in [9.17, 15) is 4.79 Å². The van der Waals surface area contributed by atoms with Crippen LogP contribution in [0.15, 0.2) is 48.0 Å². The molecule has 0 radical (unpaired) electrons. The van der Waals surface area contributed by atoms with Crippen molar-refractivity contribution in [2.24, 2.45) is 7.05 Å². The number of carbonyl (C=O) groups is 1. The Morgan fingerprint density at radius 1 is 1.36 bits per heavy atom. The topological polar surface area (TPSA) is 69.0 Å². The number of anilines is 1. The summed E-state index contributed by atoms with van der Waals surface area (Å²) < 4.78 is 7.46. The Bertz CT molecular complexity index is 898. The van der Waals surface area contributed by atoms with Gasteiger partial charge in [-0.05, 0) is 19.1 Å². The first kappa shape index (κ1) is 16.9. The number of hydrogen-bond acceptors (Lipinski definition) is 5. The molecule has 128 valence electrons. The van der Waals surface area contributed by atoms with Crippen molar-refractivity contribution in [1.29, 1.82) is 0 Å². The lowest BCUT2D eigenvalue weighted by Crippen LogP contribution is -2.08. The van der Waals surface area contributed by atoms with Gasteiger partial charge in [0.25, 0.3) is 0 Å². The van der Waals surface area contributed by atoms with Gasteiger partial charge in [0.05, 0.1) is 10.7 Å². The molecule has 0 atom stereocenters. The molecular weight excluding hydrogens is 336 g/mol. The number of ether oxygens (including phenoxy) is 1. The van der Waals surface area contributed by atoms with Crippen LogP contribution < -0.4 is 10.1 Å². The smallest absolute Gasteiger partial charge is 0.249 e. The summed E-state index contributed by atoms with van der Waals surface area (Å²) in [5.41, 5.74) is 1.72. The van der Waals surface area contributed by atoms with E-state index >= 15 is 0 Å². The number of amides is 1. The third kappa shape index (κ3) is 4.77. The van der Waals surface area contributed by atoms with Crippen molar-refractivity contribution < 1.29 is 9.53 Å². The first-order valence-corrected chi connectivity index (χ1v) is 8.59. The third-order valence-electron chi connectivity index (χ3n) is 3.34. The fourth-order valence-electron chi connectivity index (χ4n) is 2.19. The summed E-state index contributed by atoms with van der Waals surface area (Å²) in [5, 5.41) is 9.81. The second-order valence-electron chi connectivity index (χ2n) is 5.38.